The van der Waals surface area contributed by atoms with Gasteiger partial charge in [-0.3, -0.25) is 4.90 Å². The van der Waals surface area contributed by atoms with Gasteiger partial charge in [-0.05, 0) is 115 Å². The van der Waals surface area contributed by atoms with E-state index in [-0.39, 0.29) is 30.1 Å². The average molecular weight is 738 g/mol. The van der Waals surface area contributed by atoms with E-state index >= 15 is 0 Å². The van der Waals surface area contributed by atoms with Gasteiger partial charge in [0.1, 0.15) is 33.4 Å². The summed E-state index contributed by atoms with van der Waals surface area (Å²) < 4.78 is 40.7. The second kappa shape index (κ2) is 12.2. The maximum absolute atomic E-state index is 13.6. The largest absolute Gasteiger partial charge is 0.401 e. The zero-order valence-corrected chi connectivity index (χ0v) is 30.9. The molecule has 4 aliphatic carbocycles. The Bertz CT molecular complexity index is 1960. The van der Waals surface area contributed by atoms with E-state index < -0.39 is 12.7 Å². The topological polar surface area (TPSA) is 94.1 Å². The van der Waals surface area contributed by atoms with Crippen LogP contribution in [0.5, 0.6) is 0 Å². The van der Waals surface area contributed by atoms with Crippen molar-refractivity contribution in [2.75, 3.05) is 37.8 Å². The Hall–Kier alpha value is -2.65. The molecular weight excluding hydrogens is 692 g/mol. The van der Waals surface area contributed by atoms with Crippen LogP contribution in [0.2, 0.25) is 0 Å². The quantitative estimate of drug-likeness (QED) is 0.193. The maximum atomic E-state index is 13.6. The first-order chi connectivity index (χ1) is 24.6. The number of anilines is 2. The number of rotatable bonds is 7. The lowest BCUT2D eigenvalue weighted by Gasteiger charge is -2.61. The minimum atomic E-state index is -4.21. The molecule has 3 N–H and O–H groups in total. The molecule has 3 saturated heterocycles. The fourth-order valence-corrected chi connectivity index (χ4v) is 13.1. The highest BCUT2D eigenvalue weighted by molar-refractivity contribution is 7.19. The first-order valence-electron chi connectivity index (χ1n) is 19.0. The van der Waals surface area contributed by atoms with E-state index in [1.165, 1.54) is 58.4 Å². The summed E-state index contributed by atoms with van der Waals surface area (Å²) in [5, 5.41) is 13.7. The summed E-state index contributed by atoms with van der Waals surface area (Å²) in [6, 6.07) is 0.245. The Morgan fingerprint density at radius 2 is 1.69 bits per heavy atom. The van der Waals surface area contributed by atoms with E-state index in [1.807, 2.05) is 25.4 Å². The molecule has 4 aromatic rings. The first-order valence-corrected chi connectivity index (χ1v) is 20.6. The Labute approximate surface area is 304 Å². The Morgan fingerprint density at radius 3 is 2.43 bits per heavy atom. The van der Waals surface area contributed by atoms with Crippen LogP contribution >= 0.6 is 22.7 Å². The lowest BCUT2D eigenvalue weighted by Crippen LogP contribution is -2.76. The van der Waals surface area contributed by atoms with Crippen LogP contribution < -0.4 is 16.0 Å². The van der Waals surface area contributed by atoms with Gasteiger partial charge in [0, 0.05) is 45.4 Å². The summed E-state index contributed by atoms with van der Waals surface area (Å²) in [5.74, 6) is 2.88. The SMILES string of the molecule is CN(C)C1C[C@@H]2C(Nc3ncnc4sc5c(c34)CC(c3nc(NC4CCC6(CCCN6)CC4)c4c6c(sc4n3)CCC6)C5)[C@H](C1)N2CC(F)(F)F. The number of hydrogen-bond acceptors (Lipinski definition) is 11. The number of nitrogens with one attached hydrogen (secondary N) is 3. The highest BCUT2D eigenvalue weighted by Crippen LogP contribution is 2.48. The average Bonchev–Trinajstić information content (AvgIpc) is 3.93. The van der Waals surface area contributed by atoms with Crippen molar-refractivity contribution in [3.8, 4) is 0 Å². The summed E-state index contributed by atoms with van der Waals surface area (Å²) in [6.07, 6.45) is 11.3. The minimum Gasteiger partial charge on any atom is -0.367 e. The first kappa shape index (κ1) is 33.0. The van der Waals surface area contributed by atoms with Crippen LogP contribution in [-0.2, 0) is 25.7 Å². The summed E-state index contributed by atoms with van der Waals surface area (Å²) in [6.45, 7) is 0.294. The smallest absolute Gasteiger partial charge is 0.367 e. The number of halogens is 3. The molecule has 2 saturated carbocycles. The van der Waals surface area contributed by atoms with Crippen LogP contribution in [0.3, 0.4) is 0 Å². The predicted octanol–water partition coefficient (Wildman–Crippen LogP) is 6.66. The molecule has 0 aromatic carbocycles. The van der Waals surface area contributed by atoms with Crippen molar-refractivity contribution in [1.29, 1.82) is 0 Å². The molecule has 3 aliphatic heterocycles. The third-order valence-corrected chi connectivity index (χ3v) is 15.6. The lowest BCUT2D eigenvalue weighted by molar-refractivity contribution is -0.189. The number of aromatic nitrogens is 4. The van der Waals surface area contributed by atoms with E-state index in [1.54, 1.807) is 22.6 Å². The fraction of sp³-hybridized carbons (Fsp3) is 0.676. The summed E-state index contributed by atoms with van der Waals surface area (Å²) in [5.41, 5.74) is 3.06. The molecule has 51 heavy (non-hydrogen) atoms. The molecule has 7 heterocycles. The zero-order valence-electron chi connectivity index (χ0n) is 29.3. The molecule has 11 rings (SSSR count). The van der Waals surface area contributed by atoms with Gasteiger partial charge >= 0.3 is 6.18 Å². The van der Waals surface area contributed by atoms with Crippen molar-refractivity contribution >= 4 is 54.7 Å². The Morgan fingerprint density at radius 1 is 0.902 bits per heavy atom. The lowest BCUT2D eigenvalue weighted by atomic mass is 9.72. The molecule has 4 aromatic heterocycles. The molecule has 9 nitrogen and oxygen atoms in total. The highest BCUT2D eigenvalue weighted by atomic mass is 32.1. The van der Waals surface area contributed by atoms with Crippen LogP contribution in [0.4, 0.5) is 24.8 Å². The van der Waals surface area contributed by atoms with Gasteiger partial charge in [-0.1, -0.05) is 0 Å². The number of piperidine rings is 1. The van der Waals surface area contributed by atoms with Crippen molar-refractivity contribution in [2.24, 2.45) is 0 Å². The van der Waals surface area contributed by atoms with Crippen molar-refractivity contribution in [2.45, 2.75) is 131 Å². The Kier molecular flexibility index (Phi) is 7.88. The summed E-state index contributed by atoms with van der Waals surface area (Å²) in [4.78, 5) is 28.7. The van der Waals surface area contributed by atoms with E-state index in [2.05, 4.69) is 25.8 Å². The number of aryl methyl sites for hydroxylation is 2. The van der Waals surface area contributed by atoms with Crippen molar-refractivity contribution < 1.29 is 13.2 Å². The zero-order chi connectivity index (χ0) is 34.6. The van der Waals surface area contributed by atoms with Gasteiger partial charge in [-0.2, -0.15) is 13.2 Å². The van der Waals surface area contributed by atoms with E-state index in [0.29, 0.717) is 24.4 Å². The molecule has 1 spiro atoms. The molecule has 0 amide bonds. The molecular formula is C37H46F3N9S2. The van der Waals surface area contributed by atoms with Crippen LogP contribution in [0.15, 0.2) is 6.33 Å². The molecule has 14 heteroatoms. The molecule has 3 unspecified atom stereocenters. The fourth-order valence-electron chi connectivity index (χ4n) is 10.6. The van der Waals surface area contributed by atoms with Crippen LogP contribution in [0.25, 0.3) is 20.4 Å². The highest BCUT2D eigenvalue weighted by Gasteiger charge is 2.56. The normalized spacial score (nSPS) is 31.9. The monoisotopic (exact) mass is 737 g/mol. The van der Waals surface area contributed by atoms with E-state index in [0.717, 1.165) is 77.6 Å². The second-order valence-corrected chi connectivity index (χ2v) is 18.6. The number of nitrogens with zero attached hydrogens (tertiary/aromatic N) is 6. The van der Waals surface area contributed by atoms with E-state index in [4.69, 9.17) is 15.0 Å². The molecule has 272 valence electrons. The third-order valence-electron chi connectivity index (χ3n) is 13.2. The van der Waals surface area contributed by atoms with Crippen LogP contribution in [0, 0.1) is 0 Å². The van der Waals surface area contributed by atoms with Gasteiger partial charge < -0.3 is 20.9 Å². The van der Waals surface area contributed by atoms with Crippen LogP contribution in [-0.4, -0.2) is 98.8 Å². The minimum absolute atomic E-state index is 0.0753. The van der Waals surface area contributed by atoms with Gasteiger partial charge in [0.05, 0.1) is 23.4 Å². The van der Waals surface area contributed by atoms with Crippen molar-refractivity contribution in [3.63, 3.8) is 0 Å². The number of alkyl halides is 3. The number of fused-ring (bicyclic) bond motifs is 8. The second-order valence-electron chi connectivity index (χ2n) is 16.4. The molecule has 2 bridgehead atoms. The van der Waals surface area contributed by atoms with E-state index in [9.17, 15) is 13.2 Å². The van der Waals surface area contributed by atoms with Gasteiger partial charge in [0.15, 0.2) is 0 Å². The maximum Gasteiger partial charge on any atom is 0.401 e. The molecule has 0 radical (unpaired) electrons. The van der Waals surface area contributed by atoms with Crippen molar-refractivity contribution in [1.82, 2.24) is 35.1 Å². The van der Waals surface area contributed by atoms with Gasteiger partial charge in [-0.25, -0.2) is 19.9 Å². The van der Waals surface area contributed by atoms with Gasteiger partial charge in [0.2, 0.25) is 0 Å². The number of hydrogen-bond donors (Lipinski definition) is 3. The Balaban J connectivity index is 0.924. The van der Waals surface area contributed by atoms with Gasteiger partial charge in [0.25, 0.3) is 0 Å². The predicted molar refractivity (Wildman–Crippen MR) is 197 cm³/mol. The third kappa shape index (κ3) is 5.64. The molecule has 5 atom stereocenters. The van der Waals surface area contributed by atoms with Crippen molar-refractivity contribution in [3.05, 3.63) is 33.0 Å². The summed E-state index contributed by atoms with van der Waals surface area (Å²) >= 11 is 3.58. The molecule has 5 fully saturated rings. The van der Waals surface area contributed by atoms with Gasteiger partial charge in [-0.15, -0.1) is 22.7 Å². The standard InChI is InChI=1S/C37H46F3N9S2/c1-48(2)21-15-24-30(25(16-21)49(24)17-37(38,39)40)45-32-29-23-13-19(14-27(23)51-34(29)42-18-41-32)31-46-33(28-22-5-3-6-26(22)50-35(28)47-31)44-20-7-10-36(11-8-20)9-4-12-43-36/h18-21,24-25,30,43H,3-17H2,1-2H3,(H,41,42,45)(H,44,46,47)/t19?,20?,21?,24-,25+,30?,36?. The number of thiophene rings is 2. The van der Waals surface area contributed by atoms with Crippen LogP contribution in [0.1, 0.15) is 90.4 Å². The summed E-state index contributed by atoms with van der Waals surface area (Å²) in [7, 11) is 4.05. The molecule has 7 aliphatic rings.